The monoisotopic (exact) mass is 203 g/mol. The number of imidazole rings is 1. The molecule has 0 bridgehead atoms. The molecular formula is C11H13N3O. The molecule has 78 valence electrons. The topological polar surface area (TPSA) is 46.9 Å². The fourth-order valence-electron chi connectivity index (χ4n) is 1.62. The molecule has 1 heterocycles. The number of likely N-dealkylation sites (N-methyl/N-ethyl adjacent to an activating group) is 1. The normalized spacial score (nSPS) is 10.5. The van der Waals surface area contributed by atoms with Crippen LogP contribution in [0.2, 0.25) is 0 Å². The number of carbonyl (C=O) groups is 1. The van der Waals surface area contributed by atoms with Gasteiger partial charge in [0.1, 0.15) is 12.4 Å². The van der Waals surface area contributed by atoms with E-state index in [-0.39, 0.29) is 5.91 Å². The van der Waals surface area contributed by atoms with Gasteiger partial charge in [0.25, 0.3) is 0 Å². The number of hydrogen-bond acceptors (Lipinski definition) is 2. The Hall–Kier alpha value is -1.84. The molecule has 0 unspecified atom stereocenters. The molecule has 15 heavy (non-hydrogen) atoms. The Bertz CT molecular complexity index is 502. The van der Waals surface area contributed by atoms with Gasteiger partial charge in [-0.15, -0.1) is 0 Å². The molecule has 1 amide bonds. The van der Waals surface area contributed by atoms with E-state index in [9.17, 15) is 4.79 Å². The molecule has 4 nitrogen and oxygen atoms in total. The maximum absolute atomic E-state index is 11.3. The molecule has 0 saturated heterocycles. The molecule has 1 aromatic heterocycles. The molecule has 2 aromatic rings. The fourth-order valence-corrected chi connectivity index (χ4v) is 1.62. The van der Waals surface area contributed by atoms with E-state index in [1.54, 1.807) is 7.05 Å². The van der Waals surface area contributed by atoms with Crippen molar-refractivity contribution >= 4 is 16.9 Å². The van der Waals surface area contributed by atoms with Crippen LogP contribution in [0.15, 0.2) is 24.3 Å². The van der Waals surface area contributed by atoms with Crippen LogP contribution in [0.4, 0.5) is 0 Å². The number of rotatable bonds is 2. The van der Waals surface area contributed by atoms with Crippen LogP contribution < -0.4 is 5.32 Å². The number of aromatic nitrogens is 2. The van der Waals surface area contributed by atoms with Crippen molar-refractivity contribution in [3.05, 3.63) is 30.1 Å². The summed E-state index contributed by atoms with van der Waals surface area (Å²) in [5.41, 5.74) is 1.93. The first-order chi connectivity index (χ1) is 7.22. The molecule has 0 aliphatic heterocycles. The summed E-state index contributed by atoms with van der Waals surface area (Å²) in [4.78, 5) is 15.7. The summed E-state index contributed by atoms with van der Waals surface area (Å²) in [6.07, 6.45) is 0. The van der Waals surface area contributed by atoms with Gasteiger partial charge in [-0.05, 0) is 19.1 Å². The maximum atomic E-state index is 11.3. The highest BCUT2D eigenvalue weighted by atomic mass is 16.1. The first kappa shape index (κ1) is 9.71. The minimum absolute atomic E-state index is 0.0127. The summed E-state index contributed by atoms with van der Waals surface area (Å²) in [5, 5.41) is 2.61. The molecule has 0 aliphatic rings. The number of amides is 1. The highest BCUT2D eigenvalue weighted by Crippen LogP contribution is 2.14. The van der Waals surface area contributed by atoms with Crippen LogP contribution in [-0.2, 0) is 11.3 Å². The predicted molar refractivity (Wildman–Crippen MR) is 58.5 cm³/mol. The minimum Gasteiger partial charge on any atom is -0.358 e. The Morgan fingerprint density at radius 2 is 2.20 bits per heavy atom. The summed E-state index contributed by atoms with van der Waals surface area (Å²) in [5.74, 6) is 0.848. The largest absolute Gasteiger partial charge is 0.358 e. The van der Waals surface area contributed by atoms with Crippen molar-refractivity contribution in [2.45, 2.75) is 13.5 Å². The van der Waals surface area contributed by atoms with Gasteiger partial charge < -0.3 is 9.88 Å². The van der Waals surface area contributed by atoms with Gasteiger partial charge in [0.05, 0.1) is 11.0 Å². The third-order valence-electron chi connectivity index (χ3n) is 2.43. The second-order valence-electron chi connectivity index (χ2n) is 3.41. The summed E-state index contributed by atoms with van der Waals surface area (Å²) in [7, 11) is 1.64. The molecular weight excluding hydrogens is 190 g/mol. The van der Waals surface area contributed by atoms with Crippen LogP contribution in [0.5, 0.6) is 0 Å². The summed E-state index contributed by atoms with van der Waals surface area (Å²) < 4.78 is 1.91. The summed E-state index contributed by atoms with van der Waals surface area (Å²) >= 11 is 0. The highest BCUT2D eigenvalue weighted by Gasteiger charge is 2.08. The molecule has 4 heteroatoms. The predicted octanol–water partition coefficient (Wildman–Crippen LogP) is 1.09. The summed E-state index contributed by atoms with van der Waals surface area (Å²) in [6.45, 7) is 2.23. The number of carbonyl (C=O) groups excluding carboxylic acids is 1. The Balaban J connectivity index is 2.49. The zero-order valence-corrected chi connectivity index (χ0v) is 8.82. The average Bonchev–Trinajstić information content (AvgIpc) is 2.55. The van der Waals surface area contributed by atoms with Crippen molar-refractivity contribution in [3.8, 4) is 0 Å². The third kappa shape index (κ3) is 1.70. The summed E-state index contributed by atoms with van der Waals surface area (Å²) in [6, 6.07) is 7.81. The number of nitrogens with zero attached hydrogens (tertiary/aromatic N) is 2. The zero-order chi connectivity index (χ0) is 10.8. The van der Waals surface area contributed by atoms with Crippen molar-refractivity contribution < 1.29 is 4.79 Å². The van der Waals surface area contributed by atoms with Crippen LogP contribution in [0.3, 0.4) is 0 Å². The van der Waals surface area contributed by atoms with Crippen LogP contribution in [0.25, 0.3) is 11.0 Å². The SMILES string of the molecule is CNC(=O)Cn1c(C)nc2ccccc21. The van der Waals surface area contributed by atoms with Crippen molar-refractivity contribution in [2.75, 3.05) is 7.05 Å². The van der Waals surface area contributed by atoms with Crippen molar-refractivity contribution in [1.29, 1.82) is 0 Å². The lowest BCUT2D eigenvalue weighted by Crippen LogP contribution is -2.23. The van der Waals surface area contributed by atoms with E-state index in [0.29, 0.717) is 6.54 Å². The molecule has 2 rings (SSSR count). The molecule has 0 radical (unpaired) electrons. The van der Waals surface area contributed by atoms with Gasteiger partial charge in [0.15, 0.2) is 0 Å². The number of nitrogens with one attached hydrogen (secondary N) is 1. The zero-order valence-electron chi connectivity index (χ0n) is 8.82. The first-order valence-corrected chi connectivity index (χ1v) is 4.85. The number of fused-ring (bicyclic) bond motifs is 1. The van der Waals surface area contributed by atoms with Gasteiger partial charge >= 0.3 is 0 Å². The van der Waals surface area contributed by atoms with Gasteiger partial charge in [0, 0.05) is 7.05 Å². The van der Waals surface area contributed by atoms with E-state index < -0.39 is 0 Å². The van der Waals surface area contributed by atoms with E-state index in [1.807, 2.05) is 35.8 Å². The number of para-hydroxylation sites is 2. The second kappa shape index (κ2) is 3.73. The quantitative estimate of drug-likeness (QED) is 0.794. The molecule has 1 aromatic carbocycles. The van der Waals surface area contributed by atoms with Crippen molar-refractivity contribution in [2.24, 2.45) is 0 Å². The number of hydrogen-bond donors (Lipinski definition) is 1. The van der Waals surface area contributed by atoms with Crippen molar-refractivity contribution in [3.63, 3.8) is 0 Å². The average molecular weight is 203 g/mol. The van der Waals surface area contributed by atoms with Crippen LogP contribution in [0, 0.1) is 6.92 Å². The molecule has 1 N–H and O–H groups in total. The first-order valence-electron chi connectivity index (χ1n) is 4.85. The lowest BCUT2D eigenvalue weighted by molar-refractivity contribution is -0.121. The molecule has 0 saturated carbocycles. The fraction of sp³-hybridized carbons (Fsp3) is 0.273. The number of benzene rings is 1. The Morgan fingerprint density at radius 1 is 1.47 bits per heavy atom. The minimum atomic E-state index is -0.0127. The maximum Gasteiger partial charge on any atom is 0.239 e. The Labute approximate surface area is 87.9 Å². The van der Waals surface area contributed by atoms with E-state index in [1.165, 1.54) is 0 Å². The lowest BCUT2D eigenvalue weighted by atomic mass is 10.3. The van der Waals surface area contributed by atoms with Gasteiger partial charge in [-0.3, -0.25) is 4.79 Å². The molecule has 0 atom stereocenters. The molecule has 0 aliphatic carbocycles. The van der Waals surface area contributed by atoms with E-state index in [0.717, 1.165) is 16.9 Å². The van der Waals surface area contributed by atoms with Gasteiger partial charge in [-0.25, -0.2) is 4.98 Å². The molecule has 0 spiro atoms. The molecule has 0 fully saturated rings. The van der Waals surface area contributed by atoms with Crippen LogP contribution in [-0.4, -0.2) is 22.5 Å². The highest BCUT2D eigenvalue weighted by molar-refractivity contribution is 5.80. The van der Waals surface area contributed by atoms with E-state index in [4.69, 9.17) is 0 Å². The van der Waals surface area contributed by atoms with Gasteiger partial charge in [-0.1, -0.05) is 12.1 Å². The standard InChI is InChI=1S/C11H13N3O/c1-8-13-9-5-3-4-6-10(9)14(8)7-11(15)12-2/h3-6H,7H2,1-2H3,(H,12,15). The second-order valence-corrected chi connectivity index (χ2v) is 3.41. The van der Waals surface area contributed by atoms with Gasteiger partial charge in [-0.2, -0.15) is 0 Å². The smallest absolute Gasteiger partial charge is 0.239 e. The Morgan fingerprint density at radius 3 is 2.93 bits per heavy atom. The Kier molecular flexibility index (Phi) is 2.41. The van der Waals surface area contributed by atoms with E-state index in [2.05, 4.69) is 10.3 Å². The van der Waals surface area contributed by atoms with E-state index >= 15 is 0 Å². The van der Waals surface area contributed by atoms with Crippen LogP contribution >= 0.6 is 0 Å². The lowest BCUT2D eigenvalue weighted by Gasteiger charge is -2.04. The number of aryl methyl sites for hydroxylation is 1. The van der Waals surface area contributed by atoms with Crippen molar-refractivity contribution in [1.82, 2.24) is 14.9 Å². The third-order valence-corrected chi connectivity index (χ3v) is 2.43. The van der Waals surface area contributed by atoms with Gasteiger partial charge in [0.2, 0.25) is 5.91 Å². The van der Waals surface area contributed by atoms with Crippen LogP contribution in [0.1, 0.15) is 5.82 Å².